The van der Waals surface area contributed by atoms with E-state index in [1.807, 2.05) is 12.1 Å². The van der Waals surface area contributed by atoms with Crippen molar-refractivity contribution in [1.82, 2.24) is 0 Å². The number of rotatable bonds is 6. The molecule has 0 bridgehead atoms. The Labute approximate surface area is 183 Å². The molecule has 0 saturated heterocycles. The minimum atomic E-state index is -0.575. The molecule has 3 aromatic carbocycles. The highest BCUT2D eigenvalue weighted by atomic mass is 35.5. The van der Waals surface area contributed by atoms with E-state index in [0.717, 1.165) is 5.56 Å². The van der Waals surface area contributed by atoms with Crippen LogP contribution in [0.25, 0.3) is 0 Å². The summed E-state index contributed by atoms with van der Waals surface area (Å²) >= 11 is 11.5. The maximum atomic E-state index is 13.7. The van der Waals surface area contributed by atoms with Gasteiger partial charge in [-0.2, -0.15) is 0 Å². The second kappa shape index (κ2) is 10.2. The van der Waals surface area contributed by atoms with Crippen molar-refractivity contribution < 1.29 is 14.3 Å². The molecule has 0 fully saturated rings. The summed E-state index contributed by atoms with van der Waals surface area (Å²) in [4.78, 5) is 12.2. The van der Waals surface area contributed by atoms with Crippen LogP contribution in [0.5, 0.6) is 0 Å². The Morgan fingerprint density at radius 1 is 0.933 bits per heavy atom. The first kappa shape index (κ1) is 21.7. The predicted octanol–water partition coefficient (Wildman–Crippen LogP) is 5.08. The summed E-state index contributed by atoms with van der Waals surface area (Å²) in [6, 6.07) is 18.0. The average Bonchev–Trinajstić information content (AvgIpc) is 2.72. The van der Waals surface area contributed by atoms with Crippen molar-refractivity contribution in [2.45, 2.75) is 6.42 Å². The molecule has 0 aromatic heterocycles. The minimum absolute atomic E-state index is 0.0197. The number of benzene rings is 3. The van der Waals surface area contributed by atoms with Crippen LogP contribution < -0.4 is 16.0 Å². The Morgan fingerprint density at radius 3 is 2.17 bits per heavy atom. The third-order valence-electron chi connectivity index (χ3n) is 4.21. The maximum Gasteiger partial charge on any atom is 0.258 e. The number of anilines is 3. The molecule has 0 aliphatic carbocycles. The molecule has 0 spiro atoms. The molecule has 8 heteroatoms. The summed E-state index contributed by atoms with van der Waals surface area (Å²) in [5.74, 6) is -1.10. The van der Waals surface area contributed by atoms with Crippen molar-refractivity contribution in [3.8, 4) is 0 Å². The first-order valence-corrected chi connectivity index (χ1v) is 9.88. The van der Waals surface area contributed by atoms with Gasteiger partial charge in [-0.1, -0.05) is 29.8 Å². The highest BCUT2D eigenvalue weighted by molar-refractivity contribution is 7.80. The van der Waals surface area contributed by atoms with E-state index in [-0.39, 0.29) is 12.2 Å². The first-order valence-electron chi connectivity index (χ1n) is 9.09. The molecule has 1 amide bonds. The fourth-order valence-corrected chi connectivity index (χ4v) is 3.23. The molecule has 0 heterocycles. The largest absolute Gasteiger partial charge is 0.396 e. The van der Waals surface area contributed by atoms with Gasteiger partial charge in [0.1, 0.15) is 5.82 Å². The molecule has 0 atom stereocenters. The summed E-state index contributed by atoms with van der Waals surface area (Å²) in [6.07, 6.45) is 0.488. The summed E-state index contributed by atoms with van der Waals surface area (Å²) in [7, 11) is 0. The lowest BCUT2D eigenvalue weighted by Crippen LogP contribution is -2.19. The van der Waals surface area contributed by atoms with Gasteiger partial charge in [-0.3, -0.25) is 4.79 Å². The van der Waals surface area contributed by atoms with Crippen molar-refractivity contribution in [1.29, 1.82) is 0 Å². The van der Waals surface area contributed by atoms with E-state index in [1.165, 1.54) is 18.2 Å². The molecule has 5 nitrogen and oxygen atoms in total. The van der Waals surface area contributed by atoms with E-state index in [0.29, 0.717) is 33.6 Å². The van der Waals surface area contributed by atoms with E-state index >= 15 is 0 Å². The Hall–Kier alpha value is -3.00. The highest BCUT2D eigenvalue weighted by Gasteiger charge is 2.11. The molecular formula is C22H19ClFN3O2S. The van der Waals surface area contributed by atoms with Gasteiger partial charge in [-0.05, 0) is 72.7 Å². The molecule has 0 saturated carbocycles. The van der Waals surface area contributed by atoms with E-state index in [2.05, 4.69) is 16.0 Å². The van der Waals surface area contributed by atoms with Gasteiger partial charge in [0.15, 0.2) is 5.11 Å². The normalized spacial score (nSPS) is 10.4. The number of aliphatic hydroxyl groups excluding tert-OH is 1. The Kier molecular flexibility index (Phi) is 7.35. The molecule has 0 radical (unpaired) electrons. The van der Waals surface area contributed by atoms with Gasteiger partial charge < -0.3 is 21.1 Å². The van der Waals surface area contributed by atoms with Crippen LogP contribution >= 0.6 is 23.8 Å². The number of halogens is 2. The van der Waals surface area contributed by atoms with Gasteiger partial charge >= 0.3 is 0 Å². The van der Waals surface area contributed by atoms with E-state index in [4.69, 9.17) is 28.9 Å². The highest BCUT2D eigenvalue weighted by Crippen LogP contribution is 2.22. The number of carbonyl (C=O) groups excluding carboxylic acids is 1. The van der Waals surface area contributed by atoms with Crippen LogP contribution in [-0.4, -0.2) is 22.7 Å². The SMILES string of the molecule is O=C(Nc1ccc(NC(=S)Nc2ccc(CCO)c(Cl)c2)cc1)c1ccccc1F. The number of thiocarbonyl (C=S) groups is 1. The van der Waals surface area contributed by atoms with Crippen LogP contribution in [0.2, 0.25) is 5.02 Å². The summed E-state index contributed by atoms with van der Waals surface area (Å²) in [5.41, 5.74) is 2.79. The third kappa shape index (κ3) is 5.76. The monoisotopic (exact) mass is 443 g/mol. The van der Waals surface area contributed by atoms with Gasteiger partial charge in [-0.15, -0.1) is 0 Å². The van der Waals surface area contributed by atoms with Crippen molar-refractivity contribution >= 4 is 51.9 Å². The molecule has 154 valence electrons. The van der Waals surface area contributed by atoms with Crippen molar-refractivity contribution in [3.63, 3.8) is 0 Å². The summed E-state index contributed by atoms with van der Waals surface area (Å²) in [6.45, 7) is 0.0310. The van der Waals surface area contributed by atoms with Crippen LogP contribution in [0.1, 0.15) is 15.9 Å². The van der Waals surface area contributed by atoms with Crippen LogP contribution in [0.3, 0.4) is 0 Å². The molecule has 30 heavy (non-hydrogen) atoms. The topological polar surface area (TPSA) is 73.4 Å². The smallest absolute Gasteiger partial charge is 0.258 e. The standard InChI is InChI=1S/C22H19ClFN3O2S/c23-19-13-17(6-5-14(19)11-12-28)27-22(30)26-16-9-7-15(8-10-16)25-21(29)18-3-1-2-4-20(18)24/h1-10,13,28H,11-12H2,(H,25,29)(H2,26,27,30). The molecule has 3 rings (SSSR count). The van der Waals surface area contributed by atoms with Crippen molar-refractivity contribution in [2.75, 3.05) is 22.6 Å². The third-order valence-corrected chi connectivity index (χ3v) is 4.77. The molecule has 0 aliphatic heterocycles. The van der Waals surface area contributed by atoms with Crippen LogP contribution in [-0.2, 0) is 6.42 Å². The second-order valence-corrected chi connectivity index (χ2v) is 7.19. The number of aliphatic hydroxyl groups is 1. The lowest BCUT2D eigenvalue weighted by atomic mass is 10.1. The van der Waals surface area contributed by atoms with E-state index in [9.17, 15) is 9.18 Å². The Balaban J connectivity index is 1.57. The van der Waals surface area contributed by atoms with Crippen LogP contribution in [0, 0.1) is 5.82 Å². The van der Waals surface area contributed by atoms with Gasteiger partial charge in [0.2, 0.25) is 0 Å². The van der Waals surface area contributed by atoms with Crippen LogP contribution in [0.4, 0.5) is 21.5 Å². The van der Waals surface area contributed by atoms with Gasteiger partial charge in [0.25, 0.3) is 5.91 Å². The fourth-order valence-electron chi connectivity index (χ4n) is 2.72. The number of hydrogen-bond donors (Lipinski definition) is 4. The maximum absolute atomic E-state index is 13.7. The zero-order valence-corrected chi connectivity index (χ0v) is 17.4. The first-order chi connectivity index (χ1) is 14.5. The lowest BCUT2D eigenvalue weighted by Gasteiger charge is -2.13. The Bertz CT molecular complexity index is 1060. The van der Waals surface area contributed by atoms with E-state index < -0.39 is 11.7 Å². The molecule has 3 aromatic rings. The van der Waals surface area contributed by atoms with E-state index in [1.54, 1.807) is 36.4 Å². The van der Waals surface area contributed by atoms with Crippen molar-refractivity contribution in [3.05, 3.63) is 88.7 Å². The molecule has 0 aliphatic rings. The predicted molar refractivity (Wildman–Crippen MR) is 123 cm³/mol. The summed E-state index contributed by atoms with van der Waals surface area (Å²) in [5, 5.41) is 18.7. The number of amides is 1. The average molecular weight is 444 g/mol. The fraction of sp³-hybridized carbons (Fsp3) is 0.0909. The van der Waals surface area contributed by atoms with Crippen LogP contribution in [0.15, 0.2) is 66.7 Å². The lowest BCUT2D eigenvalue weighted by molar-refractivity contribution is 0.102. The van der Waals surface area contributed by atoms with Gasteiger partial charge in [0.05, 0.1) is 5.56 Å². The number of hydrogen-bond acceptors (Lipinski definition) is 3. The second-order valence-electron chi connectivity index (χ2n) is 6.37. The van der Waals surface area contributed by atoms with Gasteiger partial charge in [-0.25, -0.2) is 4.39 Å². The summed E-state index contributed by atoms with van der Waals surface area (Å²) < 4.78 is 13.7. The quantitative estimate of drug-likeness (QED) is 0.400. The molecular weight excluding hydrogens is 425 g/mol. The molecule has 4 N–H and O–H groups in total. The Morgan fingerprint density at radius 2 is 1.53 bits per heavy atom. The minimum Gasteiger partial charge on any atom is -0.396 e. The molecule has 0 unspecified atom stereocenters. The van der Waals surface area contributed by atoms with Crippen molar-refractivity contribution in [2.24, 2.45) is 0 Å². The van der Waals surface area contributed by atoms with Gasteiger partial charge in [0, 0.05) is 28.7 Å². The zero-order valence-electron chi connectivity index (χ0n) is 15.8. The number of carbonyl (C=O) groups is 1. The zero-order chi connectivity index (χ0) is 21.5. The number of nitrogens with one attached hydrogen (secondary N) is 3.